The number of carbonyl (C=O) groups is 3. The SMILES string of the molecule is C[n+]1ccc2sc(SC3=C(C(=O)[O-])N4C(=O)[C@@H](NC(=O)/C(=N\OCCF)c5csc(N)n5)[C@H]4CC3)nc2c1.[Na+]. The molecular formula is C22H20FN7NaO5S3+. The number of fused-ring (bicyclic) bond motifs is 2. The zero-order valence-electron chi connectivity index (χ0n) is 20.7. The third-order valence-electron chi connectivity index (χ3n) is 5.83. The van der Waals surface area contributed by atoms with E-state index in [9.17, 15) is 23.9 Å². The summed E-state index contributed by atoms with van der Waals surface area (Å²) in [6.45, 7) is -1.19. The van der Waals surface area contributed by atoms with E-state index in [1.165, 1.54) is 28.5 Å². The maximum atomic E-state index is 13.1. The minimum absolute atomic E-state index is 0. The van der Waals surface area contributed by atoms with Crippen molar-refractivity contribution in [2.75, 3.05) is 19.0 Å². The van der Waals surface area contributed by atoms with Crippen LogP contribution in [0.2, 0.25) is 0 Å². The molecule has 2 aliphatic rings. The van der Waals surface area contributed by atoms with Gasteiger partial charge in [0.1, 0.15) is 37.6 Å². The van der Waals surface area contributed by atoms with Crippen molar-refractivity contribution in [1.29, 1.82) is 0 Å². The molecule has 0 aromatic carbocycles. The van der Waals surface area contributed by atoms with E-state index in [4.69, 9.17) is 10.6 Å². The standard InChI is InChI=1S/C22H20FN7O5S3.Na/c1-29-6-4-13-10(8-29)26-22(37-13)38-14-3-2-12-16(19(32)30(12)17(14)20(33)34)27-18(31)15(28-35-7-5-23)11-9-36-21(24)25-11;/h4,6,8-9,12,16H,2-3,5,7H2,1H3,(H3-,24,25,27,31,33,34);/q;+1/b28-15-;/t12-,16+;/m1./s1. The summed E-state index contributed by atoms with van der Waals surface area (Å²) in [6.07, 6.45) is 4.52. The van der Waals surface area contributed by atoms with E-state index >= 15 is 0 Å². The fraction of sp³-hybridized carbons (Fsp3) is 0.318. The van der Waals surface area contributed by atoms with Gasteiger partial charge in [-0.15, -0.1) is 22.7 Å². The molecular weight excluding hydrogens is 580 g/mol. The van der Waals surface area contributed by atoms with Crippen LogP contribution in [0.5, 0.6) is 0 Å². The number of thiazole rings is 2. The van der Waals surface area contributed by atoms with Crippen molar-refractivity contribution in [3.8, 4) is 0 Å². The summed E-state index contributed by atoms with van der Waals surface area (Å²) in [6, 6.07) is 0.342. The molecule has 3 N–H and O–H groups in total. The number of carboxylic acids is 1. The van der Waals surface area contributed by atoms with E-state index in [-0.39, 0.29) is 58.4 Å². The van der Waals surface area contributed by atoms with Crippen LogP contribution in [0.4, 0.5) is 9.52 Å². The van der Waals surface area contributed by atoms with Crippen LogP contribution in [-0.2, 0) is 26.3 Å². The van der Waals surface area contributed by atoms with Crippen molar-refractivity contribution in [1.82, 2.24) is 20.2 Å². The van der Waals surface area contributed by atoms with E-state index in [0.717, 1.165) is 26.5 Å². The Hall–Kier alpha value is -2.63. The molecule has 0 radical (unpaired) electrons. The molecule has 198 valence electrons. The molecule has 2 amide bonds. The Balaban J connectivity index is 0.00000353. The number of anilines is 1. The van der Waals surface area contributed by atoms with Crippen LogP contribution >= 0.6 is 34.4 Å². The maximum Gasteiger partial charge on any atom is 1.00 e. The Morgan fingerprint density at radius 1 is 1.44 bits per heavy atom. The van der Waals surface area contributed by atoms with Crippen molar-refractivity contribution < 1.29 is 62.8 Å². The molecule has 5 heterocycles. The van der Waals surface area contributed by atoms with Gasteiger partial charge in [0, 0.05) is 16.4 Å². The molecule has 3 aromatic rings. The molecule has 0 aliphatic carbocycles. The Bertz CT molecular complexity index is 1510. The van der Waals surface area contributed by atoms with Crippen LogP contribution in [0, 0.1) is 0 Å². The van der Waals surface area contributed by atoms with Gasteiger partial charge in [-0.05, 0) is 12.8 Å². The molecule has 3 aromatic heterocycles. The van der Waals surface area contributed by atoms with Gasteiger partial charge >= 0.3 is 29.6 Å². The van der Waals surface area contributed by atoms with Crippen molar-refractivity contribution >= 4 is 73.3 Å². The van der Waals surface area contributed by atoms with Crippen LogP contribution in [0.25, 0.3) is 10.2 Å². The number of oxime groups is 1. The Labute approximate surface area is 255 Å². The number of alkyl halides is 1. The monoisotopic (exact) mass is 600 g/mol. The second-order valence-electron chi connectivity index (χ2n) is 8.30. The van der Waals surface area contributed by atoms with E-state index in [1.807, 2.05) is 30.1 Å². The van der Waals surface area contributed by atoms with Crippen LogP contribution in [-0.4, -0.2) is 63.7 Å². The molecule has 0 bridgehead atoms. The first kappa shape index (κ1) is 29.4. The number of amides is 2. The number of aromatic nitrogens is 3. The largest absolute Gasteiger partial charge is 1.00 e. The maximum absolute atomic E-state index is 13.1. The molecule has 2 aliphatic heterocycles. The third-order valence-corrected chi connectivity index (χ3v) is 8.75. The number of aliphatic carboxylic acids is 1. The number of halogens is 1. The van der Waals surface area contributed by atoms with Crippen molar-refractivity contribution in [3.05, 3.63) is 40.1 Å². The summed E-state index contributed by atoms with van der Waals surface area (Å²) >= 11 is 3.69. The van der Waals surface area contributed by atoms with Crippen LogP contribution in [0.15, 0.2) is 43.9 Å². The number of aryl methyl sites for hydroxylation is 1. The van der Waals surface area contributed by atoms with E-state index in [1.54, 1.807) is 0 Å². The second-order valence-corrected chi connectivity index (χ2v) is 11.6. The molecule has 5 rings (SSSR count). The molecule has 0 unspecified atom stereocenters. The second kappa shape index (κ2) is 12.3. The Morgan fingerprint density at radius 3 is 2.92 bits per heavy atom. The number of hydrogen-bond donors (Lipinski definition) is 2. The van der Waals surface area contributed by atoms with Gasteiger partial charge in [0.15, 0.2) is 27.6 Å². The first-order valence-corrected chi connectivity index (χ1v) is 13.8. The number of nitrogens with one attached hydrogen (secondary N) is 1. The molecule has 0 spiro atoms. The number of nitrogens with zero attached hydrogens (tertiary/aromatic N) is 5. The summed E-state index contributed by atoms with van der Waals surface area (Å²) in [7, 11) is 1.88. The first-order chi connectivity index (χ1) is 18.3. The Morgan fingerprint density at radius 2 is 2.23 bits per heavy atom. The van der Waals surface area contributed by atoms with E-state index in [0.29, 0.717) is 22.1 Å². The predicted molar refractivity (Wildman–Crippen MR) is 135 cm³/mol. The quantitative estimate of drug-likeness (QED) is 0.0654. The van der Waals surface area contributed by atoms with Gasteiger partial charge in [-0.2, -0.15) is 0 Å². The molecule has 1 saturated heterocycles. The molecule has 39 heavy (non-hydrogen) atoms. The third kappa shape index (κ3) is 5.95. The summed E-state index contributed by atoms with van der Waals surface area (Å²) < 4.78 is 15.9. The number of β-lactam (4-membered cyclic amide) rings is 1. The summed E-state index contributed by atoms with van der Waals surface area (Å²) in [5.74, 6) is -2.87. The molecule has 12 nitrogen and oxygen atoms in total. The number of hydrogen-bond acceptors (Lipinski definition) is 12. The minimum Gasteiger partial charge on any atom is -0.543 e. The van der Waals surface area contributed by atoms with Gasteiger partial charge in [0.25, 0.3) is 11.8 Å². The number of nitrogens with two attached hydrogens (primary N) is 1. The molecule has 1 fully saturated rings. The van der Waals surface area contributed by atoms with Gasteiger partial charge in [0.05, 0.1) is 22.4 Å². The molecule has 2 atom stereocenters. The van der Waals surface area contributed by atoms with Gasteiger partial charge < -0.3 is 30.7 Å². The number of allylic oxidation sites excluding steroid dienone is 1. The van der Waals surface area contributed by atoms with E-state index in [2.05, 4.69) is 20.4 Å². The van der Waals surface area contributed by atoms with Gasteiger partial charge in [-0.3, -0.25) is 9.59 Å². The van der Waals surface area contributed by atoms with Crippen molar-refractivity contribution in [2.24, 2.45) is 12.2 Å². The smallest absolute Gasteiger partial charge is 0.543 e. The number of carboxylic acid groups (broad SMARTS) is 1. The van der Waals surface area contributed by atoms with Crippen LogP contribution < -0.4 is 50.3 Å². The van der Waals surface area contributed by atoms with Crippen LogP contribution in [0.3, 0.4) is 0 Å². The van der Waals surface area contributed by atoms with Gasteiger partial charge in [-0.25, -0.2) is 18.9 Å². The van der Waals surface area contributed by atoms with Crippen molar-refractivity contribution in [2.45, 2.75) is 29.3 Å². The number of carbonyl (C=O) groups excluding carboxylic acids is 3. The number of rotatable bonds is 9. The topological polar surface area (TPSA) is 167 Å². The number of pyridine rings is 1. The molecule has 0 saturated carbocycles. The van der Waals surface area contributed by atoms with Gasteiger partial charge in [0.2, 0.25) is 0 Å². The predicted octanol–water partition coefficient (Wildman–Crippen LogP) is -2.90. The summed E-state index contributed by atoms with van der Waals surface area (Å²) in [5.41, 5.74) is 6.04. The number of nitrogen functional groups attached to an aromatic ring is 1. The Kier molecular flexibility index (Phi) is 9.23. The van der Waals surface area contributed by atoms with Gasteiger partial charge in [-0.1, -0.05) is 16.9 Å². The normalized spacial score (nSPS) is 18.9. The summed E-state index contributed by atoms with van der Waals surface area (Å²) in [5, 5.41) is 20.0. The summed E-state index contributed by atoms with van der Waals surface area (Å²) in [4.78, 5) is 53.1. The van der Waals surface area contributed by atoms with Crippen molar-refractivity contribution in [3.63, 3.8) is 0 Å². The first-order valence-electron chi connectivity index (χ1n) is 11.3. The van der Waals surface area contributed by atoms with Crippen LogP contribution in [0.1, 0.15) is 18.5 Å². The minimum atomic E-state index is -1.48. The fourth-order valence-corrected chi connectivity index (χ4v) is 6.98. The zero-order valence-corrected chi connectivity index (χ0v) is 25.2. The number of thioether (sulfide) groups is 1. The average Bonchev–Trinajstić information content (AvgIpc) is 3.49. The fourth-order valence-electron chi connectivity index (χ4n) is 4.18. The molecule has 17 heteroatoms. The van der Waals surface area contributed by atoms with E-state index < -0.39 is 36.5 Å². The average molecular weight is 601 g/mol. The zero-order chi connectivity index (χ0) is 27.0.